The molecule has 1 N–H and O–H groups in total. The van der Waals surface area contributed by atoms with Gasteiger partial charge in [-0.25, -0.2) is 0 Å². The summed E-state index contributed by atoms with van der Waals surface area (Å²) >= 11 is 8.81. The maximum atomic E-state index is 12.8. The molecule has 1 aromatic carbocycles. The van der Waals surface area contributed by atoms with E-state index >= 15 is 0 Å². The quantitative estimate of drug-likeness (QED) is 0.522. The highest BCUT2D eigenvalue weighted by Crippen LogP contribution is 2.24. The van der Waals surface area contributed by atoms with Crippen LogP contribution in [0.4, 0.5) is 0 Å². The van der Waals surface area contributed by atoms with Crippen molar-refractivity contribution < 1.29 is 4.79 Å². The minimum Gasteiger partial charge on any atom is -0.341 e. The number of benzene rings is 1. The topological polar surface area (TPSA) is 59.8 Å². The molecule has 0 aliphatic carbocycles. The second-order valence-electron chi connectivity index (χ2n) is 6.33. The Labute approximate surface area is 177 Å². The zero-order valence-corrected chi connectivity index (χ0v) is 18.1. The molecule has 2 aromatic heterocycles. The van der Waals surface area contributed by atoms with Crippen LogP contribution >= 0.6 is 34.7 Å². The highest BCUT2D eigenvalue weighted by atomic mass is 35.5. The number of amides is 1. The number of rotatable bonds is 8. The molecule has 0 saturated heterocycles. The van der Waals surface area contributed by atoms with Crippen molar-refractivity contribution in [3.05, 3.63) is 75.2 Å². The van der Waals surface area contributed by atoms with Gasteiger partial charge >= 0.3 is 0 Å². The van der Waals surface area contributed by atoms with Crippen molar-refractivity contribution in [2.45, 2.75) is 24.5 Å². The zero-order chi connectivity index (χ0) is 20.1. The van der Waals surface area contributed by atoms with Gasteiger partial charge in [0.2, 0.25) is 0 Å². The van der Waals surface area contributed by atoms with E-state index in [9.17, 15) is 4.79 Å². The van der Waals surface area contributed by atoms with Gasteiger partial charge < -0.3 is 9.88 Å². The Bertz CT molecular complexity index is 968. The van der Waals surface area contributed by atoms with Crippen molar-refractivity contribution >= 4 is 40.6 Å². The van der Waals surface area contributed by atoms with Crippen molar-refractivity contribution in [2.24, 2.45) is 7.05 Å². The number of aromatic nitrogens is 3. The Morgan fingerprint density at radius 1 is 1.29 bits per heavy atom. The summed E-state index contributed by atoms with van der Waals surface area (Å²) in [6.07, 6.45) is 0.621. The number of aryl methyl sites for hydroxylation is 1. The number of hydrogen-bond donors (Lipinski definition) is 1. The van der Waals surface area contributed by atoms with Crippen LogP contribution in [0.2, 0.25) is 0 Å². The molecule has 0 unspecified atom stereocenters. The lowest BCUT2D eigenvalue weighted by Crippen LogP contribution is -2.31. The van der Waals surface area contributed by atoms with Gasteiger partial charge in [-0.3, -0.25) is 4.79 Å². The Balaban J connectivity index is 1.85. The summed E-state index contributed by atoms with van der Waals surface area (Å²) in [5.41, 5.74) is 1.11. The van der Waals surface area contributed by atoms with Crippen molar-refractivity contribution in [1.29, 1.82) is 0 Å². The summed E-state index contributed by atoms with van der Waals surface area (Å²) in [6.45, 7) is 5.69. The molecular weight excluding hydrogens is 412 g/mol. The number of thiophene rings is 1. The maximum absolute atomic E-state index is 12.8. The molecular formula is C20H21ClN4OS2. The molecule has 0 aliphatic heterocycles. The van der Waals surface area contributed by atoms with Crippen molar-refractivity contribution in [3.63, 3.8) is 0 Å². The lowest BCUT2D eigenvalue weighted by Gasteiger charge is -2.18. The molecule has 0 bridgehead atoms. The molecule has 0 fully saturated rings. The van der Waals surface area contributed by atoms with Gasteiger partial charge in [-0.1, -0.05) is 60.3 Å². The number of nitrogens with zero attached hydrogens (tertiary/aromatic N) is 3. The van der Waals surface area contributed by atoms with E-state index in [1.807, 2.05) is 61.0 Å². The SMILES string of the molecule is C=C(Cl)CSc1nnc([C@@H](Cc2ccccc2)NC(=O)c2ccc(C)s2)n1C. The highest BCUT2D eigenvalue weighted by Gasteiger charge is 2.23. The number of carbonyl (C=O) groups excluding carboxylic acids is 1. The van der Waals surface area contributed by atoms with Crippen molar-refractivity contribution in [1.82, 2.24) is 20.1 Å². The average Bonchev–Trinajstić information content (AvgIpc) is 3.26. The fraction of sp³-hybridized carbons (Fsp3) is 0.250. The fourth-order valence-electron chi connectivity index (χ4n) is 2.74. The van der Waals surface area contributed by atoms with Gasteiger partial charge in [0, 0.05) is 22.7 Å². The molecule has 0 saturated carbocycles. The molecule has 3 rings (SSSR count). The van der Waals surface area contributed by atoms with E-state index in [0.29, 0.717) is 27.9 Å². The van der Waals surface area contributed by atoms with Gasteiger partial charge in [0.05, 0.1) is 10.9 Å². The van der Waals surface area contributed by atoms with E-state index in [1.165, 1.54) is 23.1 Å². The number of hydrogen-bond acceptors (Lipinski definition) is 5. The van der Waals surface area contributed by atoms with Crippen LogP contribution in [0.15, 0.2) is 59.2 Å². The summed E-state index contributed by atoms with van der Waals surface area (Å²) in [5.74, 6) is 1.15. The predicted octanol–water partition coefficient (Wildman–Crippen LogP) is 4.74. The van der Waals surface area contributed by atoms with Gasteiger partial charge in [0.25, 0.3) is 5.91 Å². The Kier molecular flexibility index (Phi) is 6.93. The molecule has 28 heavy (non-hydrogen) atoms. The first-order valence-electron chi connectivity index (χ1n) is 8.70. The van der Waals surface area contributed by atoms with Crippen LogP contribution in [0.5, 0.6) is 0 Å². The molecule has 0 aliphatic rings. The third-order valence-electron chi connectivity index (χ3n) is 4.09. The van der Waals surface area contributed by atoms with E-state index in [4.69, 9.17) is 11.6 Å². The maximum Gasteiger partial charge on any atom is 0.261 e. The van der Waals surface area contributed by atoms with Crippen LogP contribution in [0.25, 0.3) is 0 Å². The molecule has 146 valence electrons. The van der Waals surface area contributed by atoms with Crippen LogP contribution in [0.3, 0.4) is 0 Å². The molecule has 1 amide bonds. The zero-order valence-electron chi connectivity index (χ0n) is 15.7. The Morgan fingerprint density at radius 3 is 2.68 bits per heavy atom. The van der Waals surface area contributed by atoms with E-state index in [0.717, 1.165) is 15.6 Å². The van der Waals surface area contributed by atoms with E-state index in [1.54, 1.807) is 0 Å². The smallest absolute Gasteiger partial charge is 0.261 e. The largest absolute Gasteiger partial charge is 0.341 e. The van der Waals surface area contributed by atoms with Gasteiger partial charge in [0.1, 0.15) is 0 Å². The van der Waals surface area contributed by atoms with Crippen LogP contribution < -0.4 is 5.32 Å². The average molecular weight is 433 g/mol. The van der Waals surface area contributed by atoms with Crippen LogP contribution in [0.1, 0.15) is 32.0 Å². The summed E-state index contributed by atoms with van der Waals surface area (Å²) in [5, 5.41) is 13.0. The second kappa shape index (κ2) is 9.41. The first-order valence-corrected chi connectivity index (χ1v) is 10.9. The lowest BCUT2D eigenvalue weighted by molar-refractivity contribution is 0.0938. The van der Waals surface area contributed by atoms with Gasteiger partial charge in [-0.05, 0) is 31.0 Å². The van der Waals surface area contributed by atoms with E-state index in [-0.39, 0.29) is 11.9 Å². The summed E-state index contributed by atoms with van der Waals surface area (Å²) < 4.78 is 1.90. The minimum absolute atomic E-state index is 0.106. The summed E-state index contributed by atoms with van der Waals surface area (Å²) in [4.78, 5) is 14.6. The lowest BCUT2D eigenvalue weighted by atomic mass is 10.1. The minimum atomic E-state index is -0.302. The van der Waals surface area contributed by atoms with Crippen LogP contribution in [0, 0.1) is 6.92 Å². The molecule has 0 radical (unpaired) electrons. The first-order chi connectivity index (χ1) is 13.4. The van der Waals surface area contributed by atoms with E-state index in [2.05, 4.69) is 22.1 Å². The Hall–Kier alpha value is -2.09. The predicted molar refractivity (Wildman–Crippen MR) is 116 cm³/mol. The van der Waals surface area contributed by atoms with Gasteiger partial charge in [-0.2, -0.15) is 0 Å². The molecule has 2 heterocycles. The molecule has 0 spiro atoms. The molecule has 8 heteroatoms. The van der Waals surface area contributed by atoms with Gasteiger partial charge in [0.15, 0.2) is 11.0 Å². The number of thioether (sulfide) groups is 1. The van der Waals surface area contributed by atoms with Crippen molar-refractivity contribution in [2.75, 3.05) is 5.75 Å². The number of nitrogens with one attached hydrogen (secondary N) is 1. The molecule has 5 nitrogen and oxygen atoms in total. The fourth-order valence-corrected chi connectivity index (χ4v) is 4.35. The highest BCUT2D eigenvalue weighted by molar-refractivity contribution is 7.99. The van der Waals surface area contributed by atoms with Crippen LogP contribution in [-0.4, -0.2) is 26.4 Å². The second-order valence-corrected chi connectivity index (χ2v) is 9.10. The van der Waals surface area contributed by atoms with Crippen LogP contribution in [-0.2, 0) is 13.5 Å². The monoisotopic (exact) mass is 432 g/mol. The van der Waals surface area contributed by atoms with E-state index < -0.39 is 0 Å². The number of halogens is 1. The number of carbonyl (C=O) groups is 1. The van der Waals surface area contributed by atoms with Gasteiger partial charge in [-0.15, -0.1) is 21.5 Å². The normalized spacial score (nSPS) is 12.0. The summed E-state index contributed by atoms with van der Waals surface area (Å²) in [6, 6.07) is 13.5. The standard InChI is InChI=1S/C20H21ClN4OS2/c1-13(21)12-27-20-24-23-18(25(20)3)16(11-15-7-5-4-6-8-15)22-19(26)17-10-9-14(2)28-17/h4-10,16H,1,11-12H2,2-3H3,(H,22,26)/t16-/m1/s1. The molecule has 3 aromatic rings. The third kappa shape index (κ3) is 5.25. The summed E-state index contributed by atoms with van der Waals surface area (Å²) in [7, 11) is 1.90. The Morgan fingerprint density at radius 2 is 2.04 bits per heavy atom. The third-order valence-corrected chi connectivity index (χ3v) is 6.49. The molecule has 1 atom stereocenters. The van der Waals surface area contributed by atoms with Crippen molar-refractivity contribution in [3.8, 4) is 0 Å². The first kappa shape index (κ1) is 20.6.